The molecule has 0 aliphatic rings. The molecule has 0 aliphatic carbocycles. The lowest BCUT2D eigenvalue weighted by molar-refractivity contribution is -0.115. The van der Waals surface area contributed by atoms with E-state index in [1.165, 1.54) is 0 Å². The molecule has 1 amide bonds. The van der Waals surface area contributed by atoms with Crippen LogP contribution < -0.4 is 5.32 Å². The first-order chi connectivity index (χ1) is 12.8. The van der Waals surface area contributed by atoms with Gasteiger partial charge in [0.15, 0.2) is 0 Å². The molecule has 0 aliphatic heterocycles. The van der Waals surface area contributed by atoms with Gasteiger partial charge in [-0.1, -0.05) is 66.7 Å². The van der Waals surface area contributed by atoms with Crippen LogP contribution in [0.4, 0.5) is 5.69 Å². The number of benzene rings is 3. The molecule has 3 nitrogen and oxygen atoms in total. The number of rotatable bonds is 4. The zero-order chi connectivity index (χ0) is 17.8. The van der Waals surface area contributed by atoms with Crippen molar-refractivity contribution in [1.29, 1.82) is 0 Å². The van der Waals surface area contributed by atoms with Crippen molar-refractivity contribution < 1.29 is 4.79 Å². The number of anilines is 1. The first-order valence-corrected chi connectivity index (χ1v) is 8.58. The van der Waals surface area contributed by atoms with E-state index in [-0.39, 0.29) is 5.91 Å². The lowest BCUT2D eigenvalue weighted by Crippen LogP contribution is -2.14. The predicted molar refractivity (Wildman–Crippen MR) is 106 cm³/mol. The number of hydrogen-bond donors (Lipinski definition) is 1. The van der Waals surface area contributed by atoms with Gasteiger partial charge in [-0.25, -0.2) is 4.98 Å². The normalized spacial score (nSPS) is 10.6. The highest BCUT2D eigenvalue weighted by molar-refractivity contribution is 5.92. The van der Waals surface area contributed by atoms with Gasteiger partial charge in [-0.3, -0.25) is 4.79 Å². The number of nitrogens with zero attached hydrogens (tertiary/aromatic N) is 1. The summed E-state index contributed by atoms with van der Waals surface area (Å²) in [6, 6.07) is 29.7. The zero-order valence-corrected chi connectivity index (χ0v) is 14.2. The Balaban J connectivity index is 1.48. The maximum absolute atomic E-state index is 12.2. The summed E-state index contributed by atoms with van der Waals surface area (Å²) in [4.78, 5) is 16.9. The summed E-state index contributed by atoms with van der Waals surface area (Å²) >= 11 is 0. The van der Waals surface area contributed by atoms with E-state index in [1.54, 1.807) is 0 Å². The Morgan fingerprint density at radius 1 is 0.769 bits per heavy atom. The quantitative estimate of drug-likeness (QED) is 0.563. The molecule has 0 radical (unpaired) electrons. The molecular formula is C23H18N2O. The van der Waals surface area contributed by atoms with Crippen LogP contribution in [0.1, 0.15) is 5.56 Å². The minimum atomic E-state index is -0.0206. The van der Waals surface area contributed by atoms with E-state index in [1.807, 2.05) is 78.9 Å². The number of aromatic nitrogens is 1. The number of fused-ring (bicyclic) bond motifs is 1. The fraction of sp³-hybridized carbons (Fsp3) is 0.0435. The largest absolute Gasteiger partial charge is 0.326 e. The Morgan fingerprint density at radius 3 is 2.31 bits per heavy atom. The summed E-state index contributed by atoms with van der Waals surface area (Å²) in [5.41, 5.74) is 4.71. The number of carbonyl (C=O) groups is 1. The van der Waals surface area contributed by atoms with Crippen molar-refractivity contribution in [1.82, 2.24) is 4.98 Å². The lowest BCUT2D eigenvalue weighted by atomic mass is 10.1. The van der Waals surface area contributed by atoms with Crippen LogP contribution >= 0.6 is 0 Å². The smallest absolute Gasteiger partial charge is 0.228 e. The monoisotopic (exact) mass is 338 g/mol. The van der Waals surface area contributed by atoms with Crippen LogP contribution in [0.5, 0.6) is 0 Å². The zero-order valence-electron chi connectivity index (χ0n) is 14.2. The molecule has 0 unspecified atom stereocenters. The van der Waals surface area contributed by atoms with Crippen LogP contribution in [0, 0.1) is 0 Å². The number of nitrogens with one attached hydrogen (secondary N) is 1. The second-order valence-electron chi connectivity index (χ2n) is 6.18. The molecule has 0 fully saturated rings. The van der Waals surface area contributed by atoms with Crippen molar-refractivity contribution in [3.63, 3.8) is 0 Å². The van der Waals surface area contributed by atoms with Gasteiger partial charge in [0.2, 0.25) is 5.91 Å². The van der Waals surface area contributed by atoms with Crippen LogP contribution in [0.15, 0.2) is 91.0 Å². The number of amides is 1. The third-order valence-electron chi connectivity index (χ3n) is 4.27. The number of carbonyl (C=O) groups excluding carboxylic acids is 1. The third kappa shape index (κ3) is 3.62. The second-order valence-corrected chi connectivity index (χ2v) is 6.18. The fourth-order valence-electron chi connectivity index (χ4n) is 2.94. The van der Waals surface area contributed by atoms with Gasteiger partial charge >= 0.3 is 0 Å². The van der Waals surface area contributed by atoms with Crippen molar-refractivity contribution in [3.8, 4) is 11.3 Å². The summed E-state index contributed by atoms with van der Waals surface area (Å²) in [5, 5.41) is 4.07. The highest BCUT2D eigenvalue weighted by Crippen LogP contribution is 2.22. The summed E-state index contributed by atoms with van der Waals surface area (Å²) in [6.45, 7) is 0. The van der Waals surface area contributed by atoms with Gasteiger partial charge in [-0.05, 0) is 29.8 Å². The minimum Gasteiger partial charge on any atom is -0.326 e. The number of hydrogen-bond acceptors (Lipinski definition) is 2. The standard InChI is InChI=1S/C23H18N2O/c26-23(16-17-6-2-1-3-7-17)24-20-13-10-19(11-14-20)22-15-12-18-8-4-5-9-21(18)25-22/h1-15H,16H2,(H,24,26). The molecule has 0 spiro atoms. The molecule has 1 N–H and O–H groups in total. The molecule has 0 bridgehead atoms. The first kappa shape index (κ1) is 16.0. The van der Waals surface area contributed by atoms with Crippen LogP contribution in [0.25, 0.3) is 22.2 Å². The molecule has 3 heteroatoms. The van der Waals surface area contributed by atoms with Gasteiger partial charge in [0.05, 0.1) is 17.6 Å². The molecule has 3 aromatic carbocycles. The Kier molecular flexibility index (Phi) is 4.44. The van der Waals surface area contributed by atoms with E-state index < -0.39 is 0 Å². The molecule has 4 aromatic rings. The van der Waals surface area contributed by atoms with Crippen LogP contribution in [0.3, 0.4) is 0 Å². The van der Waals surface area contributed by atoms with Gasteiger partial charge in [0, 0.05) is 16.6 Å². The van der Waals surface area contributed by atoms with Crippen LogP contribution in [0.2, 0.25) is 0 Å². The fourth-order valence-corrected chi connectivity index (χ4v) is 2.94. The van der Waals surface area contributed by atoms with Gasteiger partial charge in [0.1, 0.15) is 0 Å². The Hall–Kier alpha value is -3.46. The van der Waals surface area contributed by atoms with Crippen molar-refractivity contribution in [3.05, 3.63) is 96.6 Å². The van der Waals surface area contributed by atoms with Crippen LogP contribution in [-0.4, -0.2) is 10.9 Å². The SMILES string of the molecule is O=C(Cc1ccccc1)Nc1ccc(-c2ccc3ccccc3n2)cc1. The third-order valence-corrected chi connectivity index (χ3v) is 4.27. The van der Waals surface area contributed by atoms with Crippen molar-refractivity contribution >= 4 is 22.5 Å². The highest BCUT2D eigenvalue weighted by Gasteiger charge is 2.05. The Labute approximate surface area is 152 Å². The average molecular weight is 338 g/mol. The molecular weight excluding hydrogens is 320 g/mol. The van der Waals surface area contributed by atoms with E-state index >= 15 is 0 Å². The molecule has 126 valence electrons. The number of para-hydroxylation sites is 1. The maximum atomic E-state index is 12.2. The topological polar surface area (TPSA) is 42.0 Å². The molecule has 1 heterocycles. The maximum Gasteiger partial charge on any atom is 0.228 e. The highest BCUT2D eigenvalue weighted by atomic mass is 16.1. The molecule has 0 saturated carbocycles. The van der Waals surface area contributed by atoms with Crippen molar-refractivity contribution in [2.45, 2.75) is 6.42 Å². The summed E-state index contributed by atoms with van der Waals surface area (Å²) in [6.07, 6.45) is 0.370. The molecule has 0 saturated heterocycles. The lowest BCUT2D eigenvalue weighted by Gasteiger charge is -2.07. The molecule has 0 atom stereocenters. The van der Waals surface area contributed by atoms with E-state index in [9.17, 15) is 4.79 Å². The van der Waals surface area contributed by atoms with E-state index in [4.69, 9.17) is 4.98 Å². The van der Waals surface area contributed by atoms with Gasteiger partial charge < -0.3 is 5.32 Å². The first-order valence-electron chi connectivity index (χ1n) is 8.58. The number of pyridine rings is 1. The van der Waals surface area contributed by atoms with E-state index in [0.29, 0.717) is 6.42 Å². The second kappa shape index (κ2) is 7.19. The van der Waals surface area contributed by atoms with E-state index in [2.05, 4.69) is 17.4 Å². The minimum absolute atomic E-state index is 0.0206. The molecule has 26 heavy (non-hydrogen) atoms. The predicted octanol–water partition coefficient (Wildman–Crippen LogP) is 5.08. The van der Waals surface area contributed by atoms with Crippen molar-refractivity contribution in [2.75, 3.05) is 5.32 Å². The summed E-state index contributed by atoms with van der Waals surface area (Å²) in [5.74, 6) is -0.0206. The summed E-state index contributed by atoms with van der Waals surface area (Å²) in [7, 11) is 0. The average Bonchev–Trinajstić information content (AvgIpc) is 2.69. The summed E-state index contributed by atoms with van der Waals surface area (Å²) < 4.78 is 0. The molecule has 1 aromatic heterocycles. The molecule has 4 rings (SSSR count). The van der Waals surface area contributed by atoms with Gasteiger partial charge in [-0.15, -0.1) is 0 Å². The van der Waals surface area contributed by atoms with Crippen molar-refractivity contribution in [2.24, 2.45) is 0 Å². The Morgan fingerprint density at radius 2 is 1.50 bits per heavy atom. The Bertz CT molecular complexity index is 1040. The van der Waals surface area contributed by atoms with Gasteiger partial charge in [0.25, 0.3) is 0 Å². The van der Waals surface area contributed by atoms with Gasteiger partial charge in [-0.2, -0.15) is 0 Å². The van der Waals surface area contributed by atoms with E-state index in [0.717, 1.165) is 33.4 Å². The van der Waals surface area contributed by atoms with Crippen LogP contribution in [-0.2, 0) is 11.2 Å².